The van der Waals surface area contributed by atoms with Crippen LogP contribution in [0.1, 0.15) is 19.8 Å². The van der Waals surface area contributed by atoms with Crippen LogP contribution in [0.3, 0.4) is 0 Å². The molecule has 126 valence electrons. The predicted molar refractivity (Wildman–Crippen MR) is 87.9 cm³/mol. The van der Waals surface area contributed by atoms with Crippen LogP contribution in [0.15, 0.2) is 24.5 Å². The average Bonchev–Trinajstić information content (AvgIpc) is 3.02. The number of nitro groups is 1. The fraction of sp³-hybridized carbons (Fsp3) is 0.333. The second kappa shape index (κ2) is 6.99. The second-order valence-electron chi connectivity index (χ2n) is 5.15. The van der Waals surface area contributed by atoms with E-state index in [0.717, 1.165) is 12.8 Å². The fourth-order valence-electron chi connectivity index (χ4n) is 2.27. The zero-order valence-electron chi connectivity index (χ0n) is 13.1. The van der Waals surface area contributed by atoms with E-state index in [-0.39, 0.29) is 24.1 Å². The maximum absolute atomic E-state index is 11.5. The standard InChI is InChI=1S/C15H17N5O4/c1-2-3-6-16-14-13(20(21)22)15(18-8-17-14)19-10-4-5-11-12(7-10)24-9-23-11/h4-5,7-8H,2-3,6,9H2,1H3,(H2,16,17,18,19). The van der Waals surface area contributed by atoms with Gasteiger partial charge in [-0.15, -0.1) is 0 Å². The van der Waals surface area contributed by atoms with Crippen molar-refractivity contribution in [2.45, 2.75) is 19.8 Å². The Bertz CT molecular complexity index is 753. The minimum Gasteiger partial charge on any atom is -0.454 e. The molecule has 3 rings (SSSR count). The molecule has 1 aliphatic heterocycles. The van der Waals surface area contributed by atoms with Crippen molar-refractivity contribution in [2.24, 2.45) is 0 Å². The largest absolute Gasteiger partial charge is 0.454 e. The lowest BCUT2D eigenvalue weighted by Crippen LogP contribution is -2.09. The van der Waals surface area contributed by atoms with E-state index >= 15 is 0 Å². The number of nitrogens with zero attached hydrogens (tertiary/aromatic N) is 3. The average molecular weight is 331 g/mol. The molecule has 0 saturated heterocycles. The summed E-state index contributed by atoms with van der Waals surface area (Å²) in [6.45, 7) is 2.82. The number of benzene rings is 1. The van der Waals surface area contributed by atoms with Crippen LogP contribution in [0.4, 0.5) is 23.0 Å². The van der Waals surface area contributed by atoms with Crippen molar-refractivity contribution < 1.29 is 14.4 Å². The highest BCUT2D eigenvalue weighted by Crippen LogP contribution is 2.37. The summed E-state index contributed by atoms with van der Waals surface area (Å²) in [7, 11) is 0. The smallest absolute Gasteiger partial charge is 0.353 e. The van der Waals surface area contributed by atoms with Gasteiger partial charge >= 0.3 is 5.69 Å². The minimum absolute atomic E-state index is 0.118. The third-order valence-corrected chi connectivity index (χ3v) is 3.46. The van der Waals surface area contributed by atoms with Crippen molar-refractivity contribution >= 4 is 23.0 Å². The van der Waals surface area contributed by atoms with Crippen molar-refractivity contribution in [1.82, 2.24) is 9.97 Å². The summed E-state index contributed by atoms with van der Waals surface area (Å²) >= 11 is 0. The molecule has 0 unspecified atom stereocenters. The van der Waals surface area contributed by atoms with Crippen molar-refractivity contribution in [1.29, 1.82) is 0 Å². The summed E-state index contributed by atoms with van der Waals surface area (Å²) in [6.07, 6.45) is 3.16. The molecule has 2 aromatic rings. The molecule has 2 N–H and O–H groups in total. The molecule has 9 heteroatoms. The highest BCUT2D eigenvalue weighted by Gasteiger charge is 2.23. The zero-order chi connectivity index (χ0) is 16.9. The van der Waals surface area contributed by atoms with Crippen molar-refractivity contribution in [3.8, 4) is 11.5 Å². The predicted octanol–water partition coefficient (Wildman–Crippen LogP) is 3.07. The van der Waals surface area contributed by atoms with E-state index < -0.39 is 4.92 Å². The highest BCUT2D eigenvalue weighted by atomic mass is 16.7. The molecule has 0 fully saturated rings. The molecule has 1 aromatic heterocycles. The Morgan fingerprint density at radius 3 is 2.83 bits per heavy atom. The molecule has 0 aliphatic carbocycles. The minimum atomic E-state index is -0.496. The van der Waals surface area contributed by atoms with Gasteiger partial charge in [0, 0.05) is 18.3 Å². The Balaban J connectivity index is 1.86. The Hall–Kier alpha value is -3.10. The van der Waals surface area contributed by atoms with Gasteiger partial charge < -0.3 is 20.1 Å². The van der Waals surface area contributed by atoms with Crippen LogP contribution >= 0.6 is 0 Å². The zero-order valence-corrected chi connectivity index (χ0v) is 13.1. The topological polar surface area (TPSA) is 111 Å². The molecular weight excluding hydrogens is 314 g/mol. The van der Waals surface area contributed by atoms with Crippen molar-refractivity contribution in [2.75, 3.05) is 24.0 Å². The molecule has 2 heterocycles. The Morgan fingerprint density at radius 2 is 2.04 bits per heavy atom. The molecular formula is C15H17N5O4. The van der Waals surface area contributed by atoms with Crippen molar-refractivity contribution in [3.05, 3.63) is 34.6 Å². The van der Waals surface area contributed by atoms with Gasteiger partial charge in [-0.25, -0.2) is 9.97 Å². The van der Waals surface area contributed by atoms with Crippen LogP contribution in [-0.4, -0.2) is 28.2 Å². The second-order valence-corrected chi connectivity index (χ2v) is 5.15. The first kappa shape index (κ1) is 15.8. The molecule has 24 heavy (non-hydrogen) atoms. The number of ether oxygens (including phenoxy) is 2. The summed E-state index contributed by atoms with van der Waals surface area (Å²) < 4.78 is 10.5. The normalized spacial score (nSPS) is 12.0. The summed E-state index contributed by atoms with van der Waals surface area (Å²) in [5.74, 6) is 1.54. The lowest BCUT2D eigenvalue weighted by Gasteiger charge is -2.10. The van der Waals surface area contributed by atoms with E-state index in [4.69, 9.17) is 9.47 Å². The van der Waals surface area contributed by atoms with Gasteiger partial charge in [0.15, 0.2) is 11.5 Å². The van der Waals surface area contributed by atoms with Gasteiger partial charge in [-0.1, -0.05) is 13.3 Å². The Labute approximate surface area is 138 Å². The lowest BCUT2D eigenvalue weighted by molar-refractivity contribution is -0.383. The number of unbranched alkanes of at least 4 members (excludes halogenated alkanes) is 1. The summed E-state index contributed by atoms with van der Waals surface area (Å²) in [5.41, 5.74) is 0.423. The maximum atomic E-state index is 11.5. The van der Waals surface area contributed by atoms with E-state index in [1.54, 1.807) is 18.2 Å². The van der Waals surface area contributed by atoms with Gasteiger partial charge in [0.1, 0.15) is 6.33 Å². The van der Waals surface area contributed by atoms with E-state index in [1.807, 2.05) is 6.92 Å². The van der Waals surface area contributed by atoms with Crippen LogP contribution in [0, 0.1) is 10.1 Å². The number of fused-ring (bicyclic) bond motifs is 1. The van der Waals surface area contributed by atoms with Crippen molar-refractivity contribution in [3.63, 3.8) is 0 Å². The summed E-state index contributed by atoms with van der Waals surface area (Å²) in [5, 5.41) is 17.4. The first-order chi connectivity index (χ1) is 11.7. The van der Waals surface area contributed by atoms with Gasteiger partial charge in [-0.2, -0.15) is 0 Å². The van der Waals surface area contributed by atoms with Crippen LogP contribution < -0.4 is 20.1 Å². The highest BCUT2D eigenvalue weighted by molar-refractivity contribution is 5.74. The monoisotopic (exact) mass is 331 g/mol. The molecule has 0 spiro atoms. The van der Waals surface area contributed by atoms with Crippen LogP contribution in [0.25, 0.3) is 0 Å². The number of nitrogens with one attached hydrogen (secondary N) is 2. The van der Waals surface area contributed by atoms with Gasteiger partial charge in [-0.3, -0.25) is 10.1 Å². The maximum Gasteiger partial charge on any atom is 0.353 e. The van der Waals surface area contributed by atoms with Gasteiger partial charge in [0.2, 0.25) is 18.4 Å². The first-order valence-electron chi connectivity index (χ1n) is 7.59. The van der Waals surface area contributed by atoms with E-state index in [2.05, 4.69) is 20.6 Å². The molecule has 0 saturated carbocycles. The fourth-order valence-corrected chi connectivity index (χ4v) is 2.27. The SMILES string of the molecule is CCCCNc1ncnc(Nc2ccc3c(c2)OCO3)c1[N+](=O)[O-]. The molecule has 0 bridgehead atoms. The number of aromatic nitrogens is 2. The molecule has 0 atom stereocenters. The summed E-state index contributed by atoms with van der Waals surface area (Å²) in [6, 6.07) is 5.18. The van der Waals surface area contributed by atoms with Gasteiger partial charge in [0.25, 0.3) is 0 Å². The lowest BCUT2D eigenvalue weighted by atomic mass is 10.2. The number of anilines is 3. The van der Waals surface area contributed by atoms with E-state index in [0.29, 0.717) is 23.7 Å². The van der Waals surface area contributed by atoms with Gasteiger partial charge in [-0.05, 0) is 18.6 Å². The quantitative estimate of drug-likeness (QED) is 0.452. The number of hydrogen-bond acceptors (Lipinski definition) is 8. The van der Waals surface area contributed by atoms with Crippen LogP contribution in [-0.2, 0) is 0 Å². The Morgan fingerprint density at radius 1 is 1.25 bits per heavy atom. The summed E-state index contributed by atoms with van der Waals surface area (Å²) in [4.78, 5) is 18.9. The first-order valence-corrected chi connectivity index (χ1v) is 7.59. The van der Waals surface area contributed by atoms with E-state index in [1.165, 1.54) is 6.33 Å². The third-order valence-electron chi connectivity index (χ3n) is 3.46. The molecule has 0 amide bonds. The third kappa shape index (κ3) is 3.29. The number of hydrogen-bond donors (Lipinski definition) is 2. The van der Waals surface area contributed by atoms with E-state index in [9.17, 15) is 10.1 Å². The van der Waals surface area contributed by atoms with Crippen LogP contribution in [0.2, 0.25) is 0 Å². The molecule has 1 aliphatic rings. The Kier molecular flexibility index (Phi) is 4.59. The van der Waals surface area contributed by atoms with Gasteiger partial charge in [0.05, 0.1) is 4.92 Å². The molecule has 1 aromatic carbocycles. The van der Waals surface area contributed by atoms with Crippen LogP contribution in [0.5, 0.6) is 11.5 Å². The number of rotatable bonds is 7. The molecule has 9 nitrogen and oxygen atoms in total. The molecule has 0 radical (unpaired) electrons.